The number of methoxy groups -OCH3 is 1. The van der Waals surface area contributed by atoms with Gasteiger partial charge in [-0.3, -0.25) is 9.59 Å². The molecule has 7 heteroatoms. The second-order valence-electron chi connectivity index (χ2n) is 7.54. The maximum atomic E-state index is 13.2. The van der Waals surface area contributed by atoms with E-state index in [1.54, 1.807) is 12.0 Å². The number of thioether (sulfide) groups is 1. The molecule has 6 nitrogen and oxygen atoms in total. The molecule has 0 aliphatic rings. The average Bonchev–Trinajstić information content (AvgIpc) is 3.19. The predicted molar refractivity (Wildman–Crippen MR) is 126 cm³/mol. The van der Waals surface area contributed by atoms with E-state index in [0.717, 1.165) is 23.4 Å². The maximum Gasteiger partial charge on any atom is 0.242 e. The fourth-order valence-electron chi connectivity index (χ4n) is 3.21. The number of unbranched alkanes of at least 4 members (excludes halogenated alkanes) is 1. The van der Waals surface area contributed by atoms with Gasteiger partial charge in [-0.15, -0.1) is 11.8 Å². The highest BCUT2D eigenvalue weighted by Crippen LogP contribution is 2.18. The number of nitrogens with zero attached hydrogens (tertiary/aromatic N) is 3. The van der Waals surface area contributed by atoms with Gasteiger partial charge in [0, 0.05) is 50.6 Å². The number of rotatable bonds is 14. The Balaban J connectivity index is 2.03. The topological polar surface area (TPSA) is 54.8 Å². The van der Waals surface area contributed by atoms with Crippen LogP contribution in [0.15, 0.2) is 53.6 Å². The van der Waals surface area contributed by atoms with Crippen LogP contribution in [0.3, 0.4) is 0 Å². The summed E-state index contributed by atoms with van der Waals surface area (Å²) in [5.74, 6) is 0.287. The summed E-state index contributed by atoms with van der Waals surface area (Å²) in [4.78, 5) is 30.7. The highest BCUT2D eigenvalue weighted by Gasteiger charge is 2.22. The molecular weight excluding hydrogens is 410 g/mol. The second-order valence-corrected chi connectivity index (χ2v) is 8.59. The molecule has 0 N–H and O–H groups in total. The van der Waals surface area contributed by atoms with Crippen molar-refractivity contribution < 1.29 is 14.3 Å². The zero-order valence-electron chi connectivity index (χ0n) is 19.0. The van der Waals surface area contributed by atoms with Crippen LogP contribution in [0, 0.1) is 0 Å². The molecule has 0 radical (unpaired) electrons. The molecular formula is C24H35N3O3S. The maximum absolute atomic E-state index is 13.2. The van der Waals surface area contributed by atoms with Gasteiger partial charge in [-0.05, 0) is 37.1 Å². The largest absolute Gasteiger partial charge is 0.385 e. The van der Waals surface area contributed by atoms with Crippen molar-refractivity contribution in [1.82, 2.24) is 14.4 Å². The Hall–Kier alpha value is -2.25. The van der Waals surface area contributed by atoms with E-state index >= 15 is 0 Å². The summed E-state index contributed by atoms with van der Waals surface area (Å²) in [6.45, 7) is 4.55. The molecule has 2 rings (SSSR count). The summed E-state index contributed by atoms with van der Waals surface area (Å²) >= 11 is 1.50. The van der Waals surface area contributed by atoms with E-state index in [1.807, 2.05) is 65.2 Å². The lowest BCUT2D eigenvalue weighted by Crippen LogP contribution is -2.44. The van der Waals surface area contributed by atoms with Gasteiger partial charge in [-0.25, -0.2) is 0 Å². The molecule has 0 saturated carbocycles. The van der Waals surface area contributed by atoms with Crippen LogP contribution >= 0.6 is 11.8 Å². The number of hydrogen-bond acceptors (Lipinski definition) is 4. The van der Waals surface area contributed by atoms with E-state index in [0.29, 0.717) is 38.4 Å². The molecule has 0 saturated heterocycles. The number of benzene rings is 1. The predicted octanol–water partition coefficient (Wildman–Crippen LogP) is 3.81. The molecule has 0 spiro atoms. The van der Waals surface area contributed by atoms with E-state index in [4.69, 9.17) is 4.74 Å². The van der Waals surface area contributed by atoms with Gasteiger partial charge in [0.15, 0.2) is 0 Å². The number of amides is 2. The Labute approximate surface area is 190 Å². The van der Waals surface area contributed by atoms with E-state index in [9.17, 15) is 9.59 Å². The average molecular weight is 446 g/mol. The van der Waals surface area contributed by atoms with Crippen LogP contribution in [0.4, 0.5) is 0 Å². The first-order chi connectivity index (χ1) is 15.0. The summed E-state index contributed by atoms with van der Waals surface area (Å²) in [7, 11) is 3.63. The lowest BCUT2D eigenvalue weighted by molar-refractivity contribution is -0.139. The fourth-order valence-corrected chi connectivity index (χ4v) is 4.03. The Morgan fingerprint density at radius 1 is 1.00 bits per heavy atom. The fraction of sp³-hybridized carbons (Fsp3) is 0.500. The van der Waals surface area contributed by atoms with Crippen molar-refractivity contribution in [2.75, 3.05) is 39.1 Å². The molecule has 0 aliphatic carbocycles. The van der Waals surface area contributed by atoms with Crippen molar-refractivity contribution in [3.63, 3.8) is 0 Å². The second kappa shape index (κ2) is 13.9. The standard InChI is InChI=1S/C24H35N3O3S/c1-4-5-15-26(18-21-11-9-14-25(21)2)23(28)19-27(16-10-17-30-3)24(29)20-31-22-12-7-6-8-13-22/h6-9,11-14H,4-5,10,15-20H2,1-3H3. The van der Waals surface area contributed by atoms with Crippen molar-refractivity contribution in [2.45, 2.75) is 37.6 Å². The van der Waals surface area contributed by atoms with Gasteiger partial charge >= 0.3 is 0 Å². The highest BCUT2D eigenvalue weighted by molar-refractivity contribution is 8.00. The Morgan fingerprint density at radius 3 is 2.39 bits per heavy atom. The van der Waals surface area contributed by atoms with Crippen LogP contribution < -0.4 is 0 Å². The van der Waals surface area contributed by atoms with Gasteiger partial charge in [-0.1, -0.05) is 31.5 Å². The molecule has 31 heavy (non-hydrogen) atoms. The zero-order valence-corrected chi connectivity index (χ0v) is 19.8. The van der Waals surface area contributed by atoms with Crippen LogP contribution in [0.5, 0.6) is 0 Å². The zero-order chi connectivity index (χ0) is 22.5. The van der Waals surface area contributed by atoms with Crippen LogP contribution in [0.1, 0.15) is 31.9 Å². The number of ether oxygens (including phenoxy) is 1. The molecule has 0 unspecified atom stereocenters. The molecule has 170 valence electrons. The van der Waals surface area contributed by atoms with Gasteiger partial charge in [0.1, 0.15) is 0 Å². The van der Waals surface area contributed by atoms with Crippen molar-refractivity contribution >= 4 is 23.6 Å². The van der Waals surface area contributed by atoms with E-state index in [1.165, 1.54) is 11.8 Å². The van der Waals surface area contributed by atoms with Gasteiger partial charge in [0.05, 0.1) is 18.8 Å². The van der Waals surface area contributed by atoms with E-state index in [2.05, 4.69) is 6.92 Å². The molecule has 1 heterocycles. The van der Waals surface area contributed by atoms with Crippen LogP contribution in [-0.2, 0) is 27.9 Å². The lowest BCUT2D eigenvalue weighted by atomic mass is 10.2. The van der Waals surface area contributed by atoms with Gasteiger partial charge in [-0.2, -0.15) is 0 Å². The summed E-state index contributed by atoms with van der Waals surface area (Å²) in [5.41, 5.74) is 1.08. The molecule has 0 aliphatic heterocycles. The van der Waals surface area contributed by atoms with Gasteiger partial charge in [0.25, 0.3) is 0 Å². The normalized spacial score (nSPS) is 10.8. The van der Waals surface area contributed by atoms with Crippen molar-refractivity contribution in [3.8, 4) is 0 Å². The third kappa shape index (κ3) is 8.79. The quantitative estimate of drug-likeness (QED) is 0.328. The van der Waals surface area contributed by atoms with Crippen LogP contribution in [-0.4, -0.2) is 65.3 Å². The van der Waals surface area contributed by atoms with Gasteiger partial charge < -0.3 is 19.1 Å². The number of aromatic nitrogens is 1. The molecule has 0 atom stereocenters. The Kier molecular flexibility index (Phi) is 11.2. The van der Waals surface area contributed by atoms with Crippen LogP contribution in [0.25, 0.3) is 0 Å². The third-order valence-corrected chi connectivity index (χ3v) is 6.10. The Bertz CT molecular complexity index is 794. The smallest absolute Gasteiger partial charge is 0.242 e. The summed E-state index contributed by atoms with van der Waals surface area (Å²) < 4.78 is 7.18. The van der Waals surface area contributed by atoms with Crippen LogP contribution in [0.2, 0.25) is 0 Å². The molecule has 0 fully saturated rings. The molecule has 2 aromatic rings. The summed E-state index contributed by atoms with van der Waals surface area (Å²) in [5, 5.41) is 0. The first kappa shape index (κ1) is 25.0. The third-order valence-electron chi connectivity index (χ3n) is 5.10. The molecule has 2 amide bonds. The highest BCUT2D eigenvalue weighted by atomic mass is 32.2. The SMILES string of the molecule is CCCCN(Cc1cccn1C)C(=O)CN(CCCOC)C(=O)CSc1ccccc1. The first-order valence-electron chi connectivity index (χ1n) is 10.9. The van der Waals surface area contributed by atoms with Gasteiger partial charge in [0.2, 0.25) is 11.8 Å². The number of aryl methyl sites for hydroxylation is 1. The summed E-state index contributed by atoms with van der Waals surface area (Å²) in [6.07, 6.45) is 4.65. The van der Waals surface area contributed by atoms with Crippen molar-refractivity contribution in [1.29, 1.82) is 0 Å². The summed E-state index contributed by atoms with van der Waals surface area (Å²) in [6, 6.07) is 13.9. The van der Waals surface area contributed by atoms with Crippen molar-refractivity contribution in [3.05, 3.63) is 54.4 Å². The Morgan fingerprint density at radius 2 is 1.74 bits per heavy atom. The molecule has 1 aromatic carbocycles. The number of hydrogen-bond donors (Lipinski definition) is 0. The van der Waals surface area contributed by atoms with E-state index in [-0.39, 0.29) is 18.4 Å². The minimum Gasteiger partial charge on any atom is -0.385 e. The minimum absolute atomic E-state index is 0.00914. The number of carbonyl (C=O) groups is 2. The molecule has 0 bridgehead atoms. The first-order valence-corrected chi connectivity index (χ1v) is 11.9. The van der Waals surface area contributed by atoms with E-state index < -0.39 is 0 Å². The number of carbonyl (C=O) groups excluding carboxylic acids is 2. The lowest BCUT2D eigenvalue weighted by Gasteiger charge is -2.28. The minimum atomic E-state index is -0.0207. The van der Waals surface area contributed by atoms with Crippen molar-refractivity contribution in [2.24, 2.45) is 7.05 Å². The monoisotopic (exact) mass is 445 g/mol. The molecule has 1 aromatic heterocycles.